The summed E-state index contributed by atoms with van der Waals surface area (Å²) in [5.74, 6) is -0.314. The summed E-state index contributed by atoms with van der Waals surface area (Å²) in [7, 11) is 0. The molecule has 1 heterocycles. The molecule has 0 fully saturated rings. The predicted octanol–water partition coefficient (Wildman–Crippen LogP) is 4.23. The van der Waals surface area contributed by atoms with E-state index in [-0.39, 0.29) is 18.7 Å². The van der Waals surface area contributed by atoms with E-state index in [0.29, 0.717) is 11.3 Å². The van der Waals surface area contributed by atoms with Crippen molar-refractivity contribution < 1.29 is 19.6 Å². The fourth-order valence-electron chi connectivity index (χ4n) is 2.25. The number of hydrogen-bond donors (Lipinski definition) is 1. The van der Waals surface area contributed by atoms with Crippen molar-refractivity contribution in [3.8, 4) is 5.75 Å². The van der Waals surface area contributed by atoms with Crippen LogP contribution in [0.3, 0.4) is 0 Å². The molecule has 0 radical (unpaired) electrons. The van der Waals surface area contributed by atoms with E-state index in [1.54, 1.807) is 18.2 Å². The zero-order valence-corrected chi connectivity index (χ0v) is 14.3. The van der Waals surface area contributed by atoms with Crippen molar-refractivity contribution in [2.45, 2.75) is 6.42 Å². The Labute approximate surface area is 152 Å². The van der Waals surface area contributed by atoms with Gasteiger partial charge in [-0.1, -0.05) is 18.2 Å². The van der Waals surface area contributed by atoms with Gasteiger partial charge in [0.2, 0.25) is 0 Å². The number of hydrogen-bond acceptors (Lipinski definition) is 6. The number of aromatic nitrogens is 1. The zero-order valence-electron chi connectivity index (χ0n) is 13.5. The van der Waals surface area contributed by atoms with Gasteiger partial charge in [-0.15, -0.1) is 11.3 Å². The molecule has 0 aliphatic rings. The number of thiazole rings is 1. The normalized spacial score (nSPS) is 11.1. The number of nitro benzene ring substituents is 1. The Balaban J connectivity index is 1.74. The van der Waals surface area contributed by atoms with Gasteiger partial charge >= 0.3 is 5.97 Å². The molecule has 0 amide bonds. The number of aliphatic carboxylic acids is 1. The van der Waals surface area contributed by atoms with Crippen molar-refractivity contribution in [2.75, 3.05) is 6.61 Å². The molecule has 0 saturated carbocycles. The average molecular weight is 370 g/mol. The summed E-state index contributed by atoms with van der Waals surface area (Å²) < 4.78 is 6.28. The van der Waals surface area contributed by atoms with Crippen LogP contribution in [0.4, 0.5) is 5.69 Å². The zero-order chi connectivity index (χ0) is 18.5. The molecular weight excluding hydrogens is 356 g/mol. The molecule has 0 saturated heterocycles. The van der Waals surface area contributed by atoms with E-state index < -0.39 is 10.9 Å². The number of nitro groups is 1. The second-order valence-electron chi connectivity index (χ2n) is 5.36. The molecular formula is C18H14N2O5S. The second-order valence-corrected chi connectivity index (χ2v) is 6.42. The fraction of sp³-hybridized carbons (Fsp3) is 0.111. The number of rotatable bonds is 7. The van der Waals surface area contributed by atoms with Crippen molar-refractivity contribution in [3.63, 3.8) is 0 Å². The number of fused-ring (bicyclic) bond motifs is 1. The van der Waals surface area contributed by atoms with Crippen LogP contribution in [0.15, 0.2) is 42.5 Å². The monoisotopic (exact) mass is 370 g/mol. The maximum atomic E-state index is 10.8. The Morgan fingerprint density at radius 1 is 1.27 bits per heavy atom. The van der Waals surface area contributed by atoms with Crippen molar-refractivity contribution >= 4 is 45.4 Å². The van der Waals surface area contributed by atoms with Crippen LogP contribution in [0.5, 0.6) is 5.75 Å². The Morgan fingerprint density at radius 3 is 2.88 bits per heavy atom. The number of non-ortho nitro benzene ring substituents is 1. The molecule has 7 nitrogen and oxygen atoms in total. The van der Waals surface area contributed by atoms with E-state index in [4.69, 9.17) is 9.84 Å². The van der Waals surface area contributed by atoms with Crippen LogP contribution in [0, 0.1) is 10.1 Å². The van der Waals surface area contributed by atoms with Gasteiger partial charge in [0, 0.05) is 12.1 Å². The van der Waals surface area contributed by atoms with Crippen molar-refractivity contribution in [1.29, 1.82) is 0 Å². The number of benzene rings is 2. The molecule has 132 valence electrons. The van der Waals surface area contributed by atoms with E-state index in [0.717, 1.165) is 15.3 Å². The lowest BCUT2D eigenvalue weighted by atomic mass is 10.2. The van der Waals surface area contributed by atoms with Gasteiger partial charge in [-0.05, 0) is 29.8 Å². The Hall–Kier alpha value is -3.26. The maximum Gasteiger partial charge on any atom is 0.306 e. The van der Waals surface area contributed by atoms with Crippen molar-refractivity contribution in [1.82, 2.24) is 4.98 Å². The lowest BCUT2D eigenvalue weighted by molar-refractivity contribution is -0.384. The third kappa shape index (κ3) is 4.42. The molecule has 2 aromatic carbocycles. The molecule has 0 bridgehead atoms. The van der Waals surface area contributed by atoms with Crippen LogP contribution in [0.25, 0.3) is 22.4 Å². The predicted molar refractivity (Wildman–Crippen MR) is 99.4 cm³/mol. The summed E-state index contributed by atoms with van der Waals surface area (Å²) in [6.45, 7) is 0.110. The van der Waals surface area contributed by atoms with Gasteiger partial charge in [-0.2, -0.15) is 0 Å². The largest absolute Gasteiger partial charge is 0.493 e. The minimum Gasteiger partial charge on any atom is -0.493 e. The Kier molecular flexibility index (Phi) is 5.23. The summed E-state index contributed by atoms with van der Waals surface area (Å²) in [6, 6.07) is 11.9. The van der Waals surface area contributed by atoms with Gasteiger partial charge in [-0.3, -0.25) is 14.9 Å². The fourth-order valence-corrected chi connectivity index (χ4v) is 3.10. The summed E-state index contributed by atoms with van der Waals surface area (Å²) in [5.41, 5.74) is 1.49. The number of carboxylic acid groups (broad SMARTS) is 1. The molecule has 26 heavy (non-hydrogen) atoms. The van der Waals surface area contributed by atoms with Gasteiger partial charge < -0.3 is 9.84 Å². The number of nitrogens with zero attached hydrogens (tertiary/aromatic N) is 2. The first-order valence-corrected chi connectivity index (χ1v) is 8.50. The Morgan fingerprint density at radius 2 is 2.12 bits per heavy atom. The average Bonchev–Trinajstić information content (AvgIpc) is 3.02. The molecule has 8 heteroatoms. The number of ether oxygens (including phenoxy) is 1. The number of carboxylic acids is 1. The van der Waals surface area contributed by atoms with Crippen LogP contribution in [-0.2, 0) is 4.79 Å². The first-order chi connectivity index (χ1) is 12.5. The summed E-state index contributed by atoms with van der Waals surface area (Å²) in [5, 5.41) is 20.2. The third-order valence-corrected chi connectivity index (χ3v) is 4.46. The highest BCUT2D eigenvalue weighted by atomic mass is 32.1. The quantitative estimate of drug-likeness (QED) is 0.493. The van der Waals surface area contributed by atoms with Gasteiger partial charge in [0.15, 0.2) is 0 Å². The highest BCUT2D eigenvalue weighted by molar-refractivity contribution is 7.19. The van der Waals surface area contributed by atoms with Gasteiger partial charge in [0.05, 0.1) is 28.2 Å². The summed E-state index contributed by atoms with van der Waals surface area (Å²) in [4.78, 5) is 25.3. The molecule has 1 aromatic heterocycles. The second kappa shape index (κ2) is 7.75. The van der Waals surface area contributed by atoms with Crippen LogP contribution in [0.1, 0.15) is 17.0 Å². The van der Waals surface area contributed by atoms with Crippen molar-refractivity contribution in [3.05, 3.63) is 63.1 Å². The van der Waals surface area contributed by atoms with Crippen molar-refractivity contribution in [2.24, 2.45) is 0 Å². The van der Waals surface area contributed by atoms with E-state index in [1.807, 2.05) is 24.3 Å². The molecule has 0 unspecified atom stereocenters. The minimum absolute atomic E-state index is 0.0181. The molecule has 0 spiro atoms. The van der Waals surface area contributed by atoms with Crippen LogP contribution in [0.2, 0.25) is 0 Å². The topological polar surface area (TPSA) is 103 Å². The third-order valence-electron chi connectivity index (χ3n) is 3.46. The lowest BCUT2D eigenvalue weighted by Crippen LogP contribution is -2.04. The van der Waals surface area contributed by atoms with E-state index in [2.05, 4.69) is 4.98 Å². The van der Waals surface area contributed by atoms with E-state index in [9.17, 15) is 14.9 Å². The highest BCUT2D eigenvalue weighted by Gasteiger charge is 2.09. The first-order valence-electron chi connectivity index (χ1n) is 7.69. The van der Waals surface area contributed by atoms with Gasteiger partial charge in [0.25, 0.3) is 5.69 Å². The highest BCUT2D eigenvalue weighted by Crippen LogP contribution is 2.27. The molecule has 0 atom stereocenters. The summed E-state index contributed by atoms with van der Waals surface area (Å²) >= 11 is 1.44. The van der Waals surface area contributed by atoms with Crippen LogP contribution >= 0.6 is 11.3 Å². The maximum absolute atomic E-state index is 10.8. The molecule has 1 N–H and O–H groups in total. The summed E-state index contributed by atoms with van der Waals surface area (Å²) in [6.07, 6.45) is 3.63. The standard InChI is InChI=1S/C18H14N2O5S/c21-18(22)8-9-25-14-3-1-2-12(10-14)4-7-17-19-15-11-13(20(23)24)5-6-16(15)26-17/h1-7,10-11H,8-9H2,(H,21,22). The molecule has 0 aliphatic heterocycles. The SMILES string of the molecule is O=C(O)CCOc1cccc(C=Cc2nc3cc([N+](=O)[O-])ccc3s2)c1. The molecule has 3 rings (SSSR count). The first kappa shape index (κ1) is 17.6. The van der Waals surface area contributed by atoms with Gasteiger partial charge in [0.1, 0.15) is 10.8 Å². The van der Waals surface area contributed by atoms with Crippen LogP contribution < -0.4 is 4.74 Å². The molecule has 3 aromatic rings. The van der Waals surface area contributed by atoms with Crippen LogP contribution in [-0.4, -0.2) is 27.6 Å². The minimum atomic E-state index is -0.905. The Bertz CT molecular complexity index is 996. The lowest BCUT2D eigenvalue weighted by Gasteiger charge is -2.04. The van der Waals surface area contributed by atoms with E-state index >= 15 is 0 Å². The van der Waals surface area contributed by atoms with Gasteiger partial charge in [-0.25, -0.2) is 4.98 Å². The van der Waals surface area contributed by atoms with E-state index in [1.165, 1.54) is 23.5 Å². The molecule has 0 aliphatic carbocycles. The number of carbonyl (C=O) groups is 1. The smallest absolute Gasteiger partial charge is 0.306 e.